The normalized spacial score (nSPS) is 22.8. The maximum atomic E-state index is 10.3. The molecule has 18 heavy (non-hydrogen) atoms. The third kappa shape index (κ3) is 3.33. The first-order valence-electron chi connectivity index (χ1n) is 7.20. The second-order valence-corrected chi connectivity index (χ2v) is 5.15. The van der Waals surface area contributed by atoms with Crippen LogP contribution >= 0.6 is 0 Å². The Hall–Kier alpha value is -0.860. The standard InChI is InChI=1S/C16H24O2/c1-2-3-4-7-12-18-15-11-10-13-8-5-6-9-14(13)16(15)17/h5-6,8-9,15-17H,2-4,7,10-12H2,1H3. The Balaban J connectivity index is 1.82. The van der Waals surface area contributed by atoms with E-state index in [2.05, 4.69) is 13.0 Å². The maximum absolute atomic E-state index is 10.3. The molecule has 2 nitrogen and oxygen atoms in total. The lowest BCUT2D eigenvalue weighted by molar-refractivity contribution is -0.0493. The highest BCUT2D eigenvalue weighted by Gasteiger charge is 2.27. The molecular formula is C16H24O2. The molecule has 0 aliphatic heterocycles. The van der Waals surface area contributed by atoms with Crippen LogP contribution in [-0.4, -0.2) is 17.8 Å². The number of unbranched alkanes of at least 4 members (excludes halogenated alkanes) is 3. The van der Waals surface area contributed by atoms with Crippen molar-refractivity contribution in [2.24, 2.45) is 0 Å². The molecule has 2 atom stereocenters. The molecule has 0 radical (unpaired) electrons. The number of fused-ring (bicyclic) bond motifs is 1. The fourth-order valence-corrected chi connectivity index (χ4v) is 2.64. The van der Waals surface area contributed by atoms with Crippen LogP contribution in [0.4, 0.5) is 0 Å². The average molecular weight is 248 g/mol. The van der Waals surface area contributed by atoms with Crippen molar-refractivity contribution >= 4 is 0 Å². The average Bonchev–Trinajstić information content (AvgIpc) is 2.41. The van der Waals surface area contributed by atoms with Gasteiger partial charge in [-0.25, -0.2) is 0 Å². The van der Waals surface area contributed by atoms with E-state index in [1.165, 1.54) is 24.8 Å². The smallest absolute Gasteiger partial charge is 0.105 e. The lowest BCUT2D eigenvalue weighted by Crippen LogP contribution is -2.28. The van der Waals surface area contributed by atoms with Crippen LogP contribution in [0, 0.1) is 0 Å². The summed E-state index contributed by atoms with van der Waals surface area (Å²) >= 11 is 0. The van der Waals surface area contributed by atoms with Crippen molar-refractivity contribution in [2.75, 3.05) is 6.61 Å². The Kier molecular flexibility index (Phi) is 5.21. The van der Waals surface area contributed by atoms with E-state index in [0.717, 1.165) is 31.4 Å². The Morgan fingerprint density at radius 2 is 2.06 bits per heavy atom. The van der Waals surface area contributed by atoms with Crippen molar-refractivity contribution in [2.45, 2.75) is 57.7 Å². The van der Waals surface area contributed by atoms with E-state index in [4.69, 9.17) is 4.74 Å². The first-order valence-corrected chi connectivity index (χ1v) is 7.20. The monoisotopic (exact) mass is 248 g/mol. The lowest BCUT2D eigenvalue weighted by atomic mass is 9.87. The van der Waals surface area contributed by atoms with Gasteiger partial charge in [0.25, 0.3) is 0 Å². The molecule has 1 N–H and O–H groups in total. The van der Waals surface area contributed by atoms with E-state index in [1.54, 1.807) is 0 Å². The van der Waals surface area contributed by atoms with E-state index in [-0.39, 0.29) is 6.10 Å². The van der Waals surface area contributed by atoms with Crippen molar-refractivity contribution in [3.8, 4) is 0 Å². The van der Waals surface area contributed by atoms with Crippen LogP contribution in [0.5, 0.6) is 0 Å². The summed E-state index contributed by atoms with van der Waals surface area (Å²) in [4.78, 5) is 0. The van der Waals surface area contributed by atoms with Gasteiger partial charge in [0.15, 0.2) is 0 Å². The number of rotatable bonds is 6. The zero-order valence-electron chi connectivity index (χ0n) is 11.3. The van der Waals surface area contributed by atoms with Gasteiger partial charge in [0.1, 0.15) is 6.10 Å². The minimum Gasteiger partial charge on any atom is -0.386 e. The Morgan fingerprint density at radius 3 is 2.89 bits per heavy atom. The Morgan fingerprint density at radius 1 is 1.22 bits per heavy atom. The minimum atomic E-state index is -0.443. The summed E-state index contributed by atoms with van der Waals surface area (Å²) in [6, 6.07) is 8.16. The summed E-state index contributed by atoms with van der Waals surface area (Å²) in [6.07, 6.45) is 6.37. The summed E-state index contributed by atoms with van der Waals surface area (Å²) < 4.78 is 5.85. The number of hydrogen-bond acceptors (Lipinski definition) is 2. The highest BCUT2D eigenvalue weighted by molar-refractivity contribution is 5.32. The molecule has 100 valence electrons. The van der Waals surface area contributed by atoms with Gasteiger partial charge in [-0.05, 0) is 30.4 Å². The molecule has 0 saturated heterocycles. The molecule has 0 bridgehead atoms. The quantitative estimate of drug-likeness (QED) is 0.779. The van der Waals surface area contributed by atoms with Gasteiger partial charge >= 0.3 is 0 Å². The third-order valence-corrected chi connectivity index (χ3v) is 3.75. The van der Waals surface area contributed by atoms with Crippen molar-refractivity contribution in [1.82, 2.24) is 0 Å². The van der Waals surface area contributed by atoms with Crippen LogP contribution in [0.3, 0.4) is 0 Å². The van der Waals surface area contributed by atoms with E-state index >= 15 is 0 Å². The molecule has 0 heterocycles. The largest absolute Gasteiger partial charge is 0.386 e. The van der Waals surface area contributed by atoms with Crippen molar-refractivity contribution in [1.29, 1.82) is 0 Å². The molecule has 0 saturated carbocycles. The van der Waals surface area contributed by atoms with Gasteiger partial charge in [0, 0.05) is 6.61 Å². The van der Waals surface area contributed by atoms with E-state index in [9.17, 15) is 5.11 Å². The fourth-order valence-electron chi connectivity index (χ4n) is 2.64. The number of aryl methyl sites for hydroxylation is 1. The summed E-state index contributed by atoms with van der Waals surface area (Å²) in [5, 5.41) is 10.3. The highest BCUT2D eigenvalue weighted by atomic mass is 16.5. The van der Waals surface area contributed by atoms with Crippen LogP contribution in [-0.2, 0) is 11.2 Å². The van der Waals surface area contributed by atoms with Gasteiger partial charge in [-0.2, -0.15) is 0 Å². The molecular weight excluding hydrogens is 224 g/mol. The molecule has 1 aliphatic carbocycles. The SMILES string of the molecule is CCCCCCOC1CCc2ccccc2C1O. The van der Waals surface area contributed by atoms with E-state index < -0.39 is 6.10 Å². The molecule has 2 rings (SSSR count). The van der Waals surface area contributed by atoms with Crippen LogP contribution in [0.25, 0.3) is 0 Å². The van der Waals surface area contributed by atoms with Crippen LogP contribution in [0.15, 0.2) is 24.3 Å². The van der Waals surface area contributed by atoms with E-state index in [1.807, 2.05) is 18.2 Å². The zero-order chi connectivity index (χ0) is 12.8. The molecule has 0 aromatic heterocycles. The van der Waals surface area contributed by atoms with E-state index in [0.29, 0.717) is 0 Å². The molecule has 1 aromatic carbocycles. The van der Waals surface area contributed by atoms with Crippen LogP contribution < -0.4 is 0 Å². The van der Waals surface area contributed by atoms with Crippen molar-refractivity contribution < 1.29 is 9.84 Å². The van der Waals surface area contributed by atoms with Gasteiger partial charge in [-0.1, -0.05) is 50.5 Å². The third-order valence-electron chi connectivity index (χ3n) is 3.75. The Bertz CT molecular complexity index is 362. The summed E-state index contributed by atoms with van der Waals surface area (Å²) in [5.74, 6) is 0. The van der Waals surface area contributed by atoms with Gasteiger partial charge in [0.2, 0.25) is 0 Å². The number of ether oxygens (including phenoxy) is 1. The summed E-state index contributed by atoms with van der Waals surface area (Å²) in [7, 11) is 0. The fraction of sp³-hybridized carbons (Fsp3) is 0.625. The molecule has 2 heteroatoms. The second-order valence-electron chi connectivity index (χ2n) is 5.15. The predicted octanol–water partition coefficient (Wildman–Crippen LogP) is 3.63. The highest BCUT2D eigenvalue weighted by Crippen LogP contribution is 2.31. The van der Waals surface area contributed by atoms with Gasteiger partial charge in [-0.3, -0.25) is 0 Å². The summed E-state index contributed by atoms with van der Waals surface area (Å²) in [5.41, 5.74) is 2.33. The van der Waals surface area contributed by atoms with Crippen molar-refractivity contribution in [3.05, 3.63) is 35.4 Å². The molecule has 2 unspecified atom stereocenters. The first kappa shape index (κ1) is 13.6. The molecule has 0 spiro atoms. The molecule has 1 aliphatic rings. The first-order chi connectivity index (χ1) is 8.83. The van der Waals surface area contributed by atoms with Crippen LogP contribution in [0.2, 0.25) is 0 Å². The molecule has 1 aromatic rings. The van der Waals surface area contributed by atoms with Gasteiger partial charge in [0.05, 0.1) is 6.10 Å². The van der Waals surface area contributed by atoms with Gasteiger partial charge in [-0.15, -0.1) is 0 Å². The van der Waals surface area contributed by atoms with Gasteiger partial charge < -0.3 is 9.84 Å². The number of hydrogen-bond donors (Lipinski definition) is 1. The topological polar surface area (TPSA) is 29.5 Å². The number of benzene rings is 1. The molecule has 0 fully saturated rings. The molecule has 0 amide bonds. The Labute approximate surface area is 110 Å². The minimum absolute atomic E-state index is 0.0125. The predicted molar refractivity (Wildman–Crippen MR) is 73.6 cm³/mol. The number of aliphatic hydroxyl groups is 1. The lowest BCUT2D eigenvalue weighted by Gasteiger charge is -2.30. The van der Waals surface area contributed by atoms with Crippen molar-refractivity contribution in [3.63, 3.8) is 0 Å². The zero-order valence-corrected chi connectivity index (χ0v) is 11.3. The maximum Gasteiger partial charge on any atom is 0.105 e. The summed E-state index contributed by atoms with van der Waals surface area (Å²) in [6.45, 7) is 2.99. The second kappa shape index (κ2) is 6.91. The number of aliphatic hydroxyl groups excluding tert-OH is 1. The van der Waals surface area contributed by atoms with Crippen LogP contribution in [0.1, 0.15) is 56.3 Å².